The van der Waals surface area contributed by atoms with Crippen molar-refractivity contribution >= 4 is 5.91 Å². The molecular formula is C19H25N3O2. The number of hydrogen-bond acceptors (Lipinski definition) is 4. The quantitative estimate of drug-likeness (QED) is 0.856. The summed E-state index contributed by atoms with van der Waals surface area (Å²) < 4.78 is 5.52. The number of aryl methyl sites for hydroxylation is 1. The molecule has 1 fully saturated rings. The van der Waals surface area contributed by atoms with Crippen LogP contribution in [0.5, 0.6) is 0 Å². The first-order chi connectivity index (χ1) is 11.6. The van der Waals surface area contributed by atoms with E-state index < -0.39 is 5.54 Å². The van der Waals surface area contributed by atoms with Gasteiger partial charge in [0.05, 0.1) is 0 Å². The second-order valence-electron chi connectivity index (χ2n) is 6.59. The van der Waals surface area contributed by atoms with Gasteiger partial charge in [0.15, 0.2) is 0 Å². The number of rotatable bonds is 6. The minimum absolute atomic E-state index is 0.0649. The first kappa shape index (κ1) is 16.7. The molecule has 1 aliphatic rings. The van der Waals surface area contributed by atoms with Crippen LogP contribution in [0, 0.1) is 6.92 Å². The molecule has 2 aromatic rings. The molecule has 1 amide bonds. The van der Waals surface area contributed by atoms with Crippen LogP contribution in [0.1, 0.15) is 37.5 Å². The number of nitrogens with one attached hydrogen (secondary N) is 2. The predicted octanol–water partition coefficient (Wildman–Crippen LogP) is 2.84. The van der Waals surface area contributed by atoms with Gasteiger partial charge in [0.25, 0.3) is 0 Å². The molecule has 24 heavy (non-hydrogen) atoms. The zero-order valence-electron chi connectivity index (χ0n) is 14.4. The van der Waals surface area contributed by atoms with Crippen LogP contribution in [-0.2, 0) is 11.2 Å². The van der Waals surface area contributed by atoms with E-state index in [0.29, 0.717) is 13.0 Å². The maximum absolute atomic E-state index is 12.6. The third kappa shape index (κ3) is 3.51. The lowest BCUT2D eigenvalue weighted by molar-refractivity contribution is -0.127. The van der Waals surface area contributed by atoms with Gasteiger partial charge in [-0.3, -0.25) is 4.79 Å². The van der Waals surface area contributed by atoms with E-state index in [2.05, 4.69) is 41.8 Å². The fourth-order valence-corrected chi connectivity index (χ4v) is 3.19. The Balaban J connectivity index is 1.76. The van der Waals surface area contributed by atoms with Crippen LogP contribution in [0.15, 0.2) is 34.9 Å². The van der Waals surface area contributed by atoms with Gasteiger partial charge in [-0.2, -0.15) is 0 Å². The summed E-state index contributed by atoms with van der Waals surface area (Å²) in [4.78, 5) is 12.6. The van der Waals surface area contributed by atoms with Crippen molar-refractivity contribution in [2.45, 2.75) is 45.1 Å². The molecule has 2 heterocycles. The van der Waals surface area contributed by atoms with Crippen LogP contribution in [-0.4, -0.2) is 29.7 Å². The lowest BCUT2D eigenvalue weighted by Crippen LogP contribution is -2.55. The maximum Gasteiger partial charge on any atom is 0.240 e. The molecule has 1 saturated heterocycles. The molecule has 5 nitrogen and oxygen atoms in total. The van der Waals surface area contributed by atoms with Gasteiger partial charge in [-0.25, -0.2) is 0 Å². The average Bonchev–Trinajstić information content (AvgIpc) is 3.24. The van der Waals surface area contributed by atoms with E-state index in [1.54, 1.807) is 0 Å². The Morgan fingerprint density at radius 2 is 2.17 bits per heavy atom. The highest BCUT2D eigenvalue weighted by atomic mass is 16.5. The number of carbonyl (C=O) groups excluding carboxylic acids is 1. The average molecular weight is 327 g/mol. The summed E-state index contributed by atoms with van der Waals surface area (Å²) in [6, 6.07) is 10.1. The van der Waals surface area contributed by atoms with Gasteiger partial charge in [-0.05, 0) is 32.7 Å². The molecule has 0 bridgehead atoms. The largest absolute Gasteiger partial charge is 0.361 e. The summed E-state index contributed by atoms with van der Waals surface area (Å²) >= 11 is 0. The summed E-state index contributed by atoms with van der Waals surface area (Å²) in [5.74, 6) is 0.807. The second kappa shape index (κ2) is 7.18. The Hall–Kier alpha value is -2.14. The Labute approximate surface area is 142 Å². The van der Waals surface area contributed by atoms with Crippen LogP contribution in [0.3, 0.4) is 0 Å². The van der Waals surface area contributed by atoms with Gasteiger partial charge in [0.2, 0.25) is 5.91 Å². The summed E-state index contributed by atoms with van der Waals surface area (Å²) in [6.45, 7) is 5.67. The molecule has 0 aliphatic carbocycles. The molecule has 0 saturated carbocycles. The van der Waals surface area contributed by atoms with Crippen molar-refractivity contribution in [2.75, 3.05) is 13.1 Å². The van der Waals surface area contributed by atoms with Gasteiger partial charge in [0.1, 0.15) is 17.0 Å². The zero-order valence-corrected chi connectivity index (χ0v) is 14.4. The van der Waals surface area contributed by atoms with E-state index in [4.69, 9.17) is 4.52 Å². The highest BCUT2D eigenvalue weighted by Crippen LogP contribution is 2.27. The molecule has 5 heteroatoms. The first-order valence-electron chi connectivity index (χ1n) is 8.69. The number of hydrogen-bond donors (Lipinski definition) is 2. The minimum atomic E-state index is -0.570. The SMILES string of the molecule is CCCNC(=O)C1(Cc2cc(-c3ccc(C)cc3)no2)CCCN1. The minimum Gasteiger partial charge on any atom is -0.361 e. The third-order valence-corrected chi connectivity index (χ3v) is 4.60. The monoisotopic (exact) mass is 327 g/mol. The third-order valence-electron chi connectivity index (χ3n) is 4.60. The number of carbonyl (C=O) groups is 1. The first-order valence-corrected chi connectivity index (χ1v) is 8.69. The second-order valence-corrected chi connectivity index (χ2v) is 6.59. The number of amides is 1. The van der Waals surface area contributed by atoms with Gasteiger partial charge in [0, 0.05) is 24.6 Å². The lowest BCUT2D eigenvalue weighted by Gasteiger charge is -2.27. The summed E-state index contributed by atoms with van der Waals surface area (Å²) in [6.07, 6.45) is 3.28. The predicted molar refractivity (Wildman–Crippen MR) is 93.6 cm³/mol. The van der Waals surface area contributed by atoms with Crippen molar-refractivity contribution in [1.82, 2.24) is 15.8 Å². The smallest absolute Gasteiger partial charge is 0.240 e. The van der Waals surface area contributed by atoms with Gasteiger partial charge < -0.3 is 15.2 Å². The lowest BCUT2D eigenvalue weighted by atomic mass is 9.90. The Morgan fingerprint density at radius 1 is 1.38 bits per heavy atom. The van der Waals surface area contributed by atoms with Crippen molar-refractivity contribution < 1.29 is 9.32 Å². The van der Waals surface area contributed by atoms with Gasteiger partial charge in [-0.15, -0.1) is 0 Å². The molecule has 2 N–H and O–H groups in total. The maximum atomic E-state index is 12.6. The molecule has 3 rings (SSSR count). The van der Waals surface area contributed by atoms with Crippen molar-refractivity contribution in [3.05, 3.63) is 41.7 Å². The molecule has 1 unspecified atom stereocenters. The van der Waals surface area contributed by atoms with Crippen LogP contribution >= 0.6 is 0 Å². The van der Waals surface area contributed by atoms with E-state index in [0.717, 1.165) is 42.8 Å². The molecular weight excluding hydrogens is 302 g/mol. The molecule has 1 aromatic heterocycles. The molecule has 0 radical (unpaired) electrons. The highest BCUT2D eigenvalue weighted by molar-refractivity contribution is 5.87. The van der Waals surface area contributed by atoms with E-state index in [1.807, 2.05) is 18.2 Å². The van der Waals surface area contributed by atoms with Gasteiger partial charge in [-0.1, -0.05) is 41.9 Å². The summed E-state index contributed by atoms with van der Waals surface area (Å²) in [7, 11) is 0. The topological polar surface area (TPSA) is 67.2 Å². The molecule has 0 spiro atoms. The molecule has 1 aliphatic heterocycles. The van der Waals surface area contributed by atoms with E-state index in [9.17, 15) is 4.79 Å². The van der Waals surface area contributed by atoms with Crippen molar-refractivity contribution in [1.29, 1.82) is 0 Å². The van der Waals surface area contributed by atoms with Crippen LogP contribution in [0.25, 0.3) is 11.3 Å². The Kier molecular flexibility index (Phi) is 5.00. The molecule has 128 valence electrons. The van der Waals surface area contributed by atoms with E-state index in [1.165, 1.54) is 5.56 Å². The number of benzene rings is 1. The van der Waals surface area contributed by atoms with Crippen molar-refractivity contribution in [3.63, 3.8) is 0 Å². The van der Waals surface area contributed by atoms with Crippen molar-refractivity contribution in [3.8, 4) is 11.3 Å². The molecule has 1 aromatic carbocycles. The number of aromatic nitrogens is 1. The van der Waals surface area contributed by atoms with Crippen LogP contribution in [0.4, 0.5) is 0 Å². The standard InChI is InChI=1S/C19H25N3O2/c1-3-10-20-18(23)19(9-4-11-21-19)13-16-12-17(22-24-16)15-7-5-14(2)6-8-15/h5-8,12,21H,3-4,9-11,13H2,1-2H3,(H,20,23). The van der Waals surface area contributed by atoms with Gasteiger partial charge >= 0.3 is 0 Å². The fourth-order valence-electron chi connectivity index (χ4n) is 3.19. The summed E-state index contributed by atoms with van der Waals surface area (Å²) in [5, 5.41) is 10.6. The van der Waals surface area contributed by atoms with E-state index >= 15 is 0 Å². The van der Waals surface area contributed by atoms with E-state index in [-0.39, 0.29) is 5.91 Å². The Bertz CT molecular complexity index is 685. The normalized spacial score (nSPS) is 20.2. The number of nitrogens with zero attached hydrogens (tertiary/aromatic N) is 1. The molecule has 1 atom stereocenters. The van der Waals surface area contributed by atoms with Crippen molar-refractivity contribution in [2.24, 2.45) is 0 Å². The highest BCUT2D eigenvalue weighted by Gasteiger charge is 2.41. The fraction of sp³-hybridized carbons (Fsp3) is 0.474. The van der Waals surface area contributed by atoms with Crippen LogP contribution in [0.2, 0.25) is 0 Å². The summed E-state index contributed by atoms with van der Waals surface area (Å²) in [5.41, 5.74) is 2.48. The Morgan fingerprint density at radius 3 is 2.83 bits per heavy atom. The zero-order chi connectivity index (χ0) is 17.0. The van der Waals surface area contributed by atoms with Crippen LogP contribution < -0.4 is 10.6 Å².